The first-order chi connectivity index (χ1) is 8.79. The molecule has 0 radical (unpaired) electrons. The molecule has 18 heavy (non-hydrogen) atoms. The third-order valence-electron chi connectivity index (χ3n) is 3.82. The maximum absolute atomic E-state index is 4.67. The summed E-state index contributed by atoms with van der Waals surface area (Å²) in [6.07, 6.45) is 10.9. The third kappa shape index (κ3) is 1.79. The molecule has 3 rings (SSSR count). The van der Waals surface area contributed by atoms with Gasteiger partial charge in [0.2, 0.25) is 0 Å². The summed E-state index contributed by atoms with van der Waals surface area (Å²) in [5.41, 5.74) is 0.934. The van der Waals surface area contributed by atoms with Crippen LogP contribution in [0.3, 0.4) is 0 Å². The van der Waals surface area contributed by atoms with Gasteiger partial charge in [0.05, 0.1) is 6.20 Å². The van der Waals surface area contributed by atoms with E-state index in [1.807, 2.05) is 30.0 Å². The summed E-state index contributed by atoms with van der Waals surface area (Å²) in [5.74, 6) is 1.85. The minimum Gasteiger partial charge on any atom is -0.372 e. The number of aromatic nitrogens is 3. The number of nitrogens with zero attached hydrogens (tertiary/aromatic N) is 4. The molecule has 1 fully saturated rings. The monoisotopic (exact) mass is 245 g/mol. The van der Waals surface area contributed by atoms with Crippen LogP contribution in [0, 0.1) is 0 Å². The lowest BCUT2D eigenvalue weighted by Gasteiger charge is -2.26. The third-order valence-corrected chi connectivity index (χ3v) is 3.82. The average molecular weight is 245 g/mol. The van der Waals surface area contributed by atoms with Gasteiger partial charge in [-0.05, 0) is 12.8 Å². The number of hydrogen-bond donors (Lipinski definition) is 1. The van der Waals surface area contributed by atoms with Gasteiger partial charge in [-0.15, -0.1) is 0 Å². The molecule has 5 nitrogen and oxygen atoms in total. The predicted octanol–water partition coefficient (Wildman–Crippen LogP) is 2.15. The van der Waals surface area contributed by atoms with Crippen LogP contribution in [0.2, 0.25) is 0 Å². The fourth-order valence-corrected chi connectivity index (χ4v) is 2.74. The van der Waals surface area contributed by atoms with Crippen molar-refractivity contribution in [3.8, 4) is 0 Å². The van der Waals surface area contributed by atoms with Gasteiger partial charge in [0.1, 0.15) is 5.82 Å². The topological polar surface area (TPSA) is 45.5 Å². The number of anilines is 2. The number of nitrogens with one attached hydrogen (secondary N) is 1. The SMILES string of the molecule is CNc1cn2ccnc2c(N(C)C2CCCC2)n1. The lowest BCUT2D eigenvalue weighted by Crippen LogP contribution is -2.30. The molecule has 0 saturated heterocycles. The second-order valence-corrected chi connectivity index (χ2v) is 4.91. The van der Waals surface area contributed by atoms with E-state index in [0.717, 1.165) is 17.3 Å². The van der Waals surface area contributed by atoms with Crippen LogP contribution >= 0.6 is 0 Å². The van der Waals surface area contributed by atoms with E-state index in [-0.39, 0.29) is 0 Å². The Hall–Kier alpha value is -1.78. The fraction of sp³-hybridized carbons (Fsp3) is 0.538. The van der Waals surface area contributed by atoms with Gasteiger partial charge in [0.15, 0.2) is 11.5 Å². The highest BCUT2D eigenvalue weighted by atomic mass is 15.2. The Labute approximate surface area is 107 Å². The van der Waals surface area contributed by atoms with Crippen LogP contribution in [0.25, 0.3) is 5.65 Å². The van der Waals surface area contributed by atoms with Crippen LogP contribution in [0.1, 0.15) is 25.7 Å². The van der Waals surface area contributed by atoms with Crippen molar-refractivity contribution in [3.63, 3.8) is 0 Å². The van der Waals surface area contributed by atoms with E-state index < -0.39 is 0 Å². The first-order valence-corrected chi connectivity index (χ1v) is 6.54. The Bertz CT molecular complexity index is 541. The maximum atomic E-state index is 4.67. The normalized spacial score (nSPS) is 16.3. The van der Waals surface area contributed by atoms with Crippen molar-refractivity contribution < 1.29 is 0 Å². The lowest BCUT2D eigenvalue weighted by molar-refractivity contribution is 0.647. The molecule has 1 N–H and O–H groups in total. The fourth-order valence-electron chi connectivity index (χ4n) is 2.74. The van der Waals surface area contributed by atoms with Crippen molar-refractivity contribution in [2.45, 2.75) is 31.7 Å². The van der Waals surface area contributed by atoms with E-state index in [1.165, 1.54) is 25.7 Å². The minimum atomic E-state index is 0.602. The lowest BCUT2D eigenvalue weighted by atomic mass is 10.2. The standard InChI is InChI=1S/C13H19N5/c1-14-11-9-18-8-7-15-12(18)13(16-11)17(2)10-5-3-4-6-10/h7-10,14H,3-6H2,1-2H3. The van der Waals surface area contributed by atoms with Crippen molar-refractivity contribution in [2.75, 3.05) is 24.3 Å². The first kappa shape index (κ1) is 11.3. The molecule has 2 aromatic rings. The zero-order valence-corrected chi connectivity index (χ0v) is 10.9. The summed E-state index contributed by atoms with van der Waals surface area (Å²) < 4.78 is 2.03. The van der Waals surface area contributed by atoms with Crippen molar-refractivity contribution in [3.05, 3.63) is 18.6 Å². The second-order valence-electron chi connectivity index (χ2n) is 4.91. The van der Waals surface area contributed by atoms with Crippen LogP contribution < -0.4 is 10.2 Å². The smallest absolute Gasteiger partial charge is 0.180 e. The molecule has 0 amide bonds. The summed E-state index contributed by atoms with van der Waals surface area (Å²) in [4.78, 5) is 11.4. The molecule has 5 heteroatoms. The molecule has 1 aliphatic rings. The molecule has 0 aliphatic heterocycles. The Morgan fingerprint density at radius 2 is 2.17 bits per heavy atom. The van der Waals surface area contributed by atoms with E-state index in [4.69, 9.17) is 0 Å². The zero-order chi connectivity index (χ0) is 12.5. The predicted molar refractivity (Wildman–Crippen MR) is 73.2 cm³/mol. The molecular weight excluding hydrogens is 226 g/mol. The zero-order valence-electron chi connectivity index (χ0n) is 10.9. The minimum absolute atomic E-state index is 0.602. The van der Waals surface area contributed by atoms with Crippen LogP contribution in [0.5, 0.6) is 0 Å². The Morgan fingerprint density at radius 3 is 2.89 bits per heavy atom. The molecule has 0 unspecified atom stereocenters. The van der Waals surface area contributed by atoms with Crippen LogP contribution in [0.4, 0.5) is 11.6 Å². The highest BCUT2D eigenvalue weighted by molar-refractivity contribution is 5.66. The molecule has 0 bridgehead atoms. The number of imidazole rings is 1. The first-order valence-electron chi connectivity index (χ1n) is 6.54. The van der Waals surface area contributed by atoms with Crippen molar-refractivity contribution >= 4 is 17.3 Å². The van der Waals surface area contributed by atoms with Gasteiger partial charge in [-0.2, -0.15) is 0 Å². The summed E-state index contributed by atoms with van der Waals surface area (Å²) in [6.45, 7) is 0. The average Bonchev–Trinajstić information content (AvgIpc) is 3.07. The van der Waals surface area contributed by atoms with Gasteiger partial charge in [-0.1, -0.05) is 12.8 Å². The van der Waals surface area contributed by atoms with Gasteiger partial charge in [0.25, 0.3) is 0 Å². The van der Waals surface area contributed by atoms with Gasteiger partial charge >= 0.3 is 0 Å². The highest BCUT2D eigenvalue weighted by Gasteiger charge is 2.23. The Morgan fingerprint density at radius 1 is 1.39 bits per heavy atom. The molecule has 0 spiro atoms. The maximum Gasteiger partial charge on any atom is 0.180 e. The van der Waals surface area contributed by atoms with Crippen molar-refractivity contribution in [1.82, 2.24) is 14.4 Å². The Balaban J connectivity index is 2.05. The van der Waals surface area contributed by atoms with Gasteiger partial charge in [-0.3, -0.25) is 0 Å². The summed E-state index contributed by atoms with van der Waals surface area (Å²) in [5, 5.41) is 3.11. The molecule has 1 saturated carbocycles. The quantitative estimate of drug-likeness (QED) is 0.900. The molecule has 96 valence electrons. The molecule has 1 aliphatic carbocycles. The van der Waals surface area contributed by atoms with Gasteiger partial charge < -0.3 is 14.6 Å². The van der Waals surface area contributed by atoms with E-state index in [0.29, 0.717) is 6.04 Å². The second kappa shape index (κ2) is 4.48. The number of rotatable bonds is 3. The molecule has 0 atom stereocenters. The highest BCUT2D eigenvalue weighted by Crippen LogP contribution is 2.28. The van der Waals surface area contributed by atoms with E-state index in [9.17, 15) is 0 Å². The van der Waals surface area contributed by atoms with Crippen LogP contribution in [-0.2, 0) is 0 Å². The number of fused-ring (bicyclic) bond motifs is 1. The van der Waals surface area contributed by atoms with E-state index >= 15 is 0 Å². The number of hydrogen-bond acceptors (Lipinski definition) is 4. The van der Waals surface area contributed by atoms with Gasteiger partial charge in [-0.25, -0.2) is 9.97 Å². The molecule has 2 aromatic heterocycles. The molecule has 2 heterocycles. The van der Waals surface area contributed by atoms with Gasteiger partial charge in [0, 0.05) is 32.5 Å². The van der Waals surface area contributed by atoms with Crippen LogP contribution in [-0.4, -0.2) is 34.5 Å². The van der Waals surface area contributed by atoms with Crippen molar-refractivity contribution in [2.24, 2.45) is 0 Å². The summed E-state index contributed by atoms with van der Waals surface area (Å²) in [7, 11) is 4.02. The van der Waals surface area contributed by atoms with E-state index in [2.05, 4.69) is 27.2 Å². The largest absolute Gasteiger partial charge is 0.372 e. The summed E-state index contributed by atoms with van der Waals surface area (Å²) >= 11 is 0. The summed E-state index contributed by atoms with van der Waals surface area (Å²) in [6, 6.07) is 0.602. The Kier molecular flexibility index (Phi) is 2.81. The van der Waals surface area contributed by atoms with Crippen molar-refractivity contribution in [1.29, 1.82) is 0 Å². The van der Waals surface area contributed by atoms with E-state index in [1.54, 1.807) is 0 Å². The molecule has 0 aromatic carbocycles. The molecular formula is C13H19N5. The van der Waals surface area contributed by atoms with Crippen LogP contribution in [0.15, 0.2) is 18.6 Å².